The lowest BCUT2D eigenvalue weighted by atomic mass is 10.2. The van der Waals surface area contributed by atoms with E-state index in [1.807, 2.05) is 22.6 Å². The van der Waals surface area contributed by atoms with Gasteiger partial charge in [-0.25, -0.2) is 4.39 Å². The highest BCUT2D eigenvalue weighted by Gasteiger charge is 2.08. The smallest absolute Gasteiger partial charge is 0.185 e. The maximum atomic E-state index is 12.8. The zero-order valence-corrected chi connectivity index (χ0v) is 9.69. The standard InChI is InChI=1S/C11H6FIO2/c12-7-1-3-9(10(13)5-7)11-4-2-8(6-14)15-11/h1-6H. The topological polar surface area (TPSA) is 30.2 Å². The fourth-order valence-electron chi connectivity index (χ4n) is 1.25. The van der Waals surface area contributed by atoms with Crippen LogP contribution < -0.4 is 0 Å². The van der Waals surface area contributed by atoms with Gasteiger partial charge < -0.3 is 4.42 Å². The van der Waals surface area contributed by atoms with E-state index in [9.17, 15) is 9.18 Å². The summed E-state index contributed by atoms with van der Waals surface area (Å²) in [5.74, 6) is 0.553. The van der Waals surface area contributed by atoms with Crippen molar-refractivity contribution < 1.29 is 13.6 Å². The Kier molecular flexibility index (Phi) is 2.86. The highest BCUT2D eigenvalue weighted by Crippen LogP contribution is 2.27. The van der Waals surface area contributed by atoms with Crippen LogP contribution in [0.25, 0.3) is 11.3 Å². The third-order valence-corrected chi connectivity index (χ3v) is 2.83. The molecule has 0 fully saturated rings. The predicted octanol–water partition coefficient (Wildman–Crippen LogP) is 3.50. The van der Waals surface area contributed by atoms with E-state index in [2.05, 4.69) is 0 Å². The molecule has 0 atom stereocenters. The molecule has 0 spiro atoms. The maximum Gasteiger partial charge on any atom is 0.185 e. The lowest BCUT2D eigenvalue weighted by Gasteiger charge is -2.00. The van der Waals surface area contributed by atoms with Crippen molar-refractivity contribution in [3.05, 3.63) is 45.5 Å². The van der Waals surface area contributed by atoms with Crippen molar-refractivity contribution in [1.29, 1.82) is 0 Å². The summed E-state index contributed by atoms with van der Waals surface area (Å²) < 4.78 is 18.8. The summed E-state index contributed by atoms with van der Waals surface area (Å²) in [6, 6.07) is 7.69. The number of carbonyl (C=O) groups excluding carboxylic acids is 1. The summed E-state index contributed by atoms with van der Waals surface area (Å²) in [5, 5.41) is 0. The van der Waals surface area contributed by atoms with Gasteiger partial charge in [0.2, 0.25) is 0 Å². The third kappa shape index (κ3) is 2.09. The number of hydrogen-bond acceptors (Lipinski definition) is 2. The van der Waals surface area contributed by atoms with E-state index in [1.54, 1.807) is 18.2 Å². The van der Waals surface area contributed by atoms with Crippen molar-refractivity contribution in [2.75, 3.05) is 0 Å². The van der Waals surface area contributed by atoms with E-state index in [4.69, 9.17) is 4.42 Å². The molecule has 76 valence electrons. The summed E-state index contributed by atoms with van der Waals surface area (Å²) in [6.07, 6.45) is 0.639. The predicted molar refractivity (Wildman–Crippen MR) is 62.2 cm³/mol. The van der Waals surface area contributed by atoms with Crippen LogP contribution in [0.4, 0.5) is 4.39 Å². The highest BCUT2D eigenvalue weighted by atomic mass is 127. The molecule has 1 aromatic heterocycles. The summed E-state index contributed by atoms with van der Waals surface area (Å²) in [5.41, 5.74) is 0.783. The molecule has 0 aliphatic heterocycles. The average molecular weight is 316 g/mol. The molecule has 2 aromatic rings. The Labute approximate surface area is 99.2 Å². The largest absolute Gasteiger partial charge is 0.453 e. The van der Waals surface area contributed by atoms with Gasteiger partial charge in [-0.3, -0.25) is 4.79 Å². The number of halogens is 2. The van der Waals surface area contributed by atoms with Crippen LogP contribution in [0.2, 0.25) is 0 Å². The minimum atomic E-state index is -0.287. The summed E-state index contributed by atoms with van der Waals surface area (Å²) in [7, 11) is 0. The van der Waals surface area contributed by atoms with Gasteiger partial charge in [0, 0.05) is 9.13 Å². The Morgan fingerprint density at radius 1 is 1.27 bits per heavy atom. The number of aldehydes is 1. The normalized spacial score (nSPS) is 10.3. The first-order chi connectivity index (χ1) is 7.20. The van der Waals surface area contributed by atoms with Gasteiger partial charge in [-0.2, -0.15) is 0 Å². The van der Waals surface area contributed by atoms with Gasteiger partial charge in [0.05, 0.1) is 0 Å². The number of furan rings is 1. The number of rotatable bonds is 2. The minimum Gasteiger partial charge on any atom is -0.453 e. The van der Waals surface area contributed by atoms with Crippen molar-refractivity contribution >= 4 is 28.9 Å². The molecule has 0 aliphatic rings. The number of hydrogen-bond donors (Lipinski definition) is 0. The van der Waals surface area contributed by atoms with Gasteiger partial charge in [0.25, 0.3) is 0 Å². The van der Waals surface area contributed by atoms with Crippen LogP contribution in [-0.4, -0.2) is 6.29 Å². The third-order valence-electron chi connectivity index (χ3n) is 1.94. The van der Waals surface area contributed by atoms with Gasteiger partial charge >= 0.3 is 0 Å². The zero-order valence-electron chi connectivity index (χ0n) is 7.54. The van der Waals surface area contributed by atoms with Crippen LogP contribution in [0.15, 0.2) is 34.7 Å². The van der Waals surface area contributed by atoms with Crippen LogP contribution in [-0.2, 0) is 0 Å². The van der Waals surface area contributed by atoms with Crippen LogP contribution in [0.1, 0.15) is 10.6 Å². The van der Waals surface area contributed by atoms with E-state index >= 15 is 0 Å². The van der Waals surface area contributed by atoms with Crippen molar-refractivity contribution in [1.82, 2.24) is 0 Å². The van der Waals surface area contributed by atoms with Crippen LogP contribution in [0, 0.1) is 9.39 Å². The van der Waals surface area contributed by atoms with Crippen molar-refractivity contribution in [3.63, 3.8) is 0 Å². The Morgan fingerprint density at radius 2 is 2.07 bits per heavy atom. The molecule has 0 saturated carbocycles. The van der Waals surface area contributed by atoms with E-state index in [0.717, 1.165) is 9.13 Å². The lowest BCUT2D eigenvalue weighted by molar-refractivity contribution is 0.110. The Bertz CT molecular complexity index is 505. The highest BCUT2D eigenvalue weighted by molar-refractivity contribution is 14.1. The van der Waals surface area contributed by atoms with Gasteiger partial charge in [0.15, 0.2) is 12.0 Å². The molecule has 0 saturated heterocycles. The second kappa shape index (κ2) is 4.14. The minimum absolute atomic E-state index is 0.269. The van der Waals surface area contributed by atoms with Crippen molar-refractivity contribution in [3.8, 4) is 11.3 Å². The second-order valence-electron chi connectivity index (χ2n) is 2.94. The van der Waals surface area contributed by atoms with Crippen LogP contribution in [0.3, 0.4) is 0 Å². The van der Waals surface area contributed by atoms with E-state index in [-0.39, 0.29) is 11.6 Å². The second-order valence-corrected chi connectivity index (χ2v) is 4.11. The van der Waals surface area contributed by atoms with Gasteiger partial charge in [-0.15, -0.1) is 0 Å². The summed E-state index contributed by atoms with van der Waals surface area (Å²) in [6.45, 7) is 0. The molecule has 1 heterocycles. The molecular weight excluding hydrogens is 310 g/mol. The summed E-state index contributed by atoms with van der Waals surface area (Å²) in [4.78, 5) is 10.4. The first-order valence-electron chi connectivity index (χ1n) is 4.21. The lowest BCUT2D eigenvalue weighted by Crippen LogP contribution is -1.82. The molecule has 1 aromatic carbocycles. The monoisotopic (exact) mass is 316 g/mol. The first-order valence-corrected chi connectivity index (χ1v) is 5.29. The maximum absolute atomic E-state index is 12.8. The zero-order chi connectivity index (χ0) is 10.8. The van der Waals surface area contributed by atoms with Crippen molar-refractivity contribution in [2.24, 2.45) is 0 Å². The molecule has 0 amide bonds. The van der Waals surface area contributed by atoms with Gasteiger partial charge in [-0.05, 0) is 52.9 Å². The SMILES string of the molecule is O=Cc1ccc(-c2ccc(F)cc2I)o1. The Hall–Kier alpha value is -1.17. The Morgan fingerprint density at radius 3 is 2.67 bits per heavy atom. The molecule has 2 rings (SSSR count). The molecule has 0 aliphatic carbocycles. The Balaban J connectivity index is 2.49. The van der Waals surface area contributed by atoms with Crippen LogP contribution >= 0.6 is 22.6 Å². The average Bonchev–Trinajstić information content (AvgIpc) is 2.66. The molecule has 0 bridgehead atoms. The number of benzene rings is 1. The molecule has 2 nitrogen and oxygen atoms in total. The van der Waals surface area contributed by atoms with Crippen molar-refractivity contribution in [2.45, 2.75) is 0 Å². The van der Waals surface area contributed by atoms with E-state index < -0.39 is 0 Å². The molecule has 15 heavy (non-hydrogen) atoms. The fourth-order valence-corrected chi connectivity index (χ4v) is 1.99. The van der Waals surface area contributed by atoms with Crippen LogP contribution in [0.5, 0.6) is 0 Å². The quantitative estimate of drug-likeness (QED) is 0.627. The molecule has 0 radical (unpaired) electrons. The fraction of sp³-hybridized carbons (Fsp3) is 0. The van der Waals surface area contributed by atoms with E-state index in [0.29, 0.717) is 12.0 Å². The molecule has 0 unspecified atom stereocenters. The van der Waals surface area contributed by atoms with Gasteiger partial charge in [0.1, 0.15) is 11.6 Å². The molecular formula is C11H6FIO2. The first kappa shape index (κ1) is 10.4. The van der Waals surface area contributed by atoms with Gasteiger partial charge in [-0.1, -0.05) is 0 Å². The number of carbonyl (C=O) groups is 1. The molecule has 4 heteroatoms. The summed E-state index contributed by atoms with van der Waals surface area (Å²) >= 11 is 2.02. The van der Waals surface area contributed by atoms with E-state index in [1.165, 1.54) is 12.1 Å². The molecule has 0 N–H and O–H groups in total.